The van der Waals surface area contributed by atoms with Gasteiger partial charge in [-0.25, -0.2) is 4.98 Å². The lowest BCUT2D eigenvalue weighted by Gasteiger charge is -2.37. The smallest absolute Gasteiger partial charge is 0.252 e. The molecule has 4 rings (SSSR count). The summed E-state index contributed by atoms with van der Waals surface area (Å²) in [5.74, 6) is 2.28. The van der Waals surface area contributed by atoms with Gasteiger partial charge in [0.25, 0.3) is 5.56 Å². The van der Waals surface area contributed by atoms with Crippen molar-refractivity contribution in [3.05, 3.63) is 22.2 Å². The van der Waals surface area contributed by atoms with E-state index < -0.39 is 0 Å². The van der Waals surface area contributed by atoms with E-state index in [1.807, 2.05) is 0 Å². The van der Waals surface area contributed by atoms with Gasteiger partial charge in [-0.1, -0.05) is 0 Å². The minimum Gasteiger partial charge on any atom is -0.352 e. The van der Waals surface area contributed by atoms with Gasteiger partial charge in [0.1, 0.15) is 11.6 Å². The predicted molar refractivity (Wildman–Crippen MR) is 82.8 cm³/mol. The van der Waals surface area contributed by atoms with E-state index in [0.29, 0.717) is 12.0 Å². The molecule has 0 amide bonds. The quantitative estimate of drug-likeness (QED) is 0.866. The van der Waals surface area contributed by atoms with E-state index in [2.05, 4.69) is 15.2 Å². The van der Waals surface area contributed by atoms with Crippen LogP contribution >= 0.6 is 0 Å². The van der Waals surface area contributed by atoms with E-state index in [1.165, 1.54) is 44.9 Å². The maximum atomic E-state index is 11.9. The molecule has 1 unspecified atom stereocenters. The molecule has 5 heteroatoms. The lowest BCUT2D eigenvalue weighted by Crippen LogP contribution is -2.46. The molecule has 2 heterocycles. The van der Waals surface area contributed by atoms with Crippen molar-refractivity contribution in [2.45, 2.75) is 62.9 Å². The lowest BCUT2D eigenvalue weighted by atomic mass is 10.0. The van der Waals surface area contributed by atoms with Crippen LogP contribution in [0.25, 0.3) is 0 Å². The zero-order valence-corrected chi connectivity index (χ0v) is 12.5. The van der Waals surface area contributed by atoms with Crippen LogP contribution in [-0.4, -0.2) is 35.1 Å². The van der Waals surface area contributed by atoms with Crippen LogP contribution < -0.4 is 15.8 Å². The molecule has 2 N–H and O–H groups in total. The Kier molecular flexibility index (Phi) is 3.45. The molecule has 1 aliphatic heterocycles. The highest BCUT2D eigenvalue weighted by atomic mass is 16.1. The Morgan fingerprint density at radius 1 is 1.24 bits per heavy atom. The van der Waals surface area contributed by atoms with Gasteiger partial charge in [0, 0.05) is 37.2 Å². The fourth-order valence-electron chi connectivity index (χ4n) is 3.27. The first-order valence-corrected chi connectivity index (χ1v) is 8.41. The number of rotatable bonds is 5. The van der Waals surface area contributed by atoms with Gasteiger partial charge in [-0.2, -0.15) is 0 Å². The molecule has 0 spiro atoms. The number of nitrogens with one attached hydrogen (secondary N) is 2. The Balaban J connectivity index is 1.54. The van der Waals surface area contributed by atoms with Crippen molar-refractivity contribution in [1.29, 1.82) is 0 Å². The second-order valence-electron chi connectivity index (χ2n) is 6.79. The van der Waals surface area contributed by atoms with Crippen LogP contribution in [0.15, 0.2) is 10.9 Å². The zero-order chi connectivity index (χ0) is 14.2. The predicted octanol–water partition coefficient (Wildman–Crippen LogP) is 1.76. The van der Waals surface area contributed by atoms with Crippen LogP contribution in [0, 0.1) is 0 Å². The summed E-state index contributed by atoms with van der Waals surface area (Å²) in [6.45, 7) is 2.05. The molecule has 21 heavy (non-hydrogen) atoms. The van der Waals surface area contributed by atoms with Crippen LogP contribution in [0.5, 0.6) is 0 Å². The molecule has 0 bridgehead atoms. The maximum absolute atomic E-state index is 11.9. The number of hydrogen-bond acceptors (Lipinski definition) is 4. The molecule has 0 radical (unpaired) electrons. The normalized spacial score (nSPS) is 26.1. The molecule has 0 aromatic carbocycles. The standard InChI is InChI=1S/C16H24N4O/c21-15-9-14(18-16(19-15)11-4-5-11)20-8-2-1-3-13(20)10-17-12-6-7-12/h9,11-13,17H,1-8,10H2,(H,18,19,21). The summed E-state index contributed by atoms with van der Waals surface area (Å²) < 4.78 is 0. The largest absolute Gasteiger partial charge is 0.352 e. The van der Waals surface area contributed by atoms with Crippen LogP contribution in [0.1, 0.15) is 56.7 Å². The molecule has 1 aromatic heterocycles. The summed E-state index contributed by atoms with van der Waals surface area (Å²) in [4.78, 5) is 22.0. The molecule has 114 valence electrons. The third kappa shape index (κ3) is 3.12. The molecular weight excluding hydrogens is 264 g/mol. The van der Waals surface area contributed by atoms with Gasteiger partial charge < -0.3 is 15.2 Å². The Labute approximate surface area is 125 Å². The highest BCUT2D eigenvalue weighted by molar-refractivity contribution is 5.40. The summed E-state index contributed by atoms with van der Waals surface area (Å²) >= 11 is 0. The number of hydrogen-bond donors (Lipinski definition) is 2. The Bertz CT molecular complexity index is 562. The molecular formula is C16H24N4O. The van der Waals surface area contributed by atoms with Crippen LogP contribution in [0.3, 0.4) is 0 Å². The van der Waals surface area contributed by atoms with Crippen LogP contribution in [0.4, 0.5) is 5.82 Å². The number of aromatic nitrogens is 2. The van der Waals surface area contributed by atoms with E-state index in [4.69, 9.17) is 4.98 Å². The first-order valence-electron chi connectivity index (χ1n) is 8.41. The number of piperidine rings is 1. The zero-order valence-electron chi connectivity index (χ0n) is 12.5. The Hall–Kier alpha value is -1.36. The fourth-order valence-corrected chi connectivity index (χ4v) is 3.27. The minimum atomic E-state index is 0.00127. The number of anilines is 1. The third-order valence-corrected chi connectivity index (χ3v) is 4.85. The SMILES string of the molecule is O=c1cc(N2CCCCC2CNC2CC2)nc(C2CC2)[nH]1. The summed E-state index contributed by atoms with van der Waals surface area (Å²) in [7, 11) is 0. The summed E-state index contributed by atoms with van der Waals surface area (Å²) in [5, 5.41) is 3.64. The summed E-state index contributed by atoms with van der Waals surface area (Å²) in [6, 6.07) is 2.91. The molecule has 2 aliphatic carbocycles. The van der Waals surface area contributed by atoms with E-state index in [0.717, 1.165) is 30.8 Å². The highest BCUT2D eigenvalue weighted by Crippen LogP contribution is 2.38. The monoisotopic (exact) mass is 288 g/mol. The summed E-state index contributed by atoms with van der Waals surface area (Å²) in [6.07, 6.45) is 8.66. The third-order valence-electron chi connectivity index (χ3n) is 4.85. The molecule has 1 atom stereocenters. The molecule has 1 aromatic rings. The second kappa shape index (κ2) is 5.44. The van der Waals surface area contributed by atoms with Crippen molar-refractivity contribution in [2.24, 2.45) is 0 Å². The van der Waals surface area contributed by atoms with Gasteiger partial charge in [0.2, 0.25) is 0 Å². The number of aromatic amines is 1. The molecule has 3 fully saturated rings. The molecule has 2 saturated carbocycles. The van der Waals surface area contributed by atoms with Gasteiger partial charge in [-0.05, 0) is 44.9 Å². The van der Waals surface area contributed by atoms with Crippen molar-refractivity contribution >= 4 is 5.82 Å². The van der Waals surface area contributed by atoms with Gasteiger partial charge in [-0.3, -0.25) is 4.79 Å². The van der Waals surface area contributed by atoms with E-state index in [1.54, 1.807) is 6.07 Å². The van der Waals surface area contributed by atoms with Crippen molar-refractivity contribution < 1.29 is 0 Å². The molecule has 3 aliphatic rings. The van der Waals surface area contributed by atoms with Crippen molar-refractivity contribution in [1.82, 2.24) is 15.3 Å². The highest BCUT2D eigenvalue weighted by Gasteiger charge is 2.30. The van der Waals surface area contributed by atoms with Crippen LogP contribution in [0.2, 0.25) is 0 Å². The Morgan fingerprint density at radius 3 is 2.86 bits per heavy atom. The minimum absolute atomic E-state index is 0.00127. The van der Waals surface area contributed by atoms with Gasteiger partial charge in [0.15, 0.2) is 0 Å². The lowest BCUT2D eigenvalue weighted by molar-refractivity contribution is 0.431. The van der Waals surface area contributed by atoms with E-state index >= 15 is 0 Å². The van der Waals surface area contributed by atoms with Gasteiger partial charge >= 0.3 is 0 Å². The topological polar surface area (TPSA) is 61.0 Å². The fraction of sp³-hybridized carbons (Fsp3) is 0.750. The van der Waals surface area contributed by atoms with Gasteiger partial charge in [0.05, 0.1) is 0 Å². The Morgan fingerprint density at radius 2 is 2.10 bits per heavy atom. The summed E-state index contributed by atoms with van der Waals surface area (Å²) in [5.41, 5.74) is 0.00127. The van der Waals surface area contributed by atoms with Crippen molar-refractivity contribution in [3.8, 4) is 0 Å². The number of H-pyrrole nitrogens is 1. The average molecular weight is 288 g/mol. The van der Waals surface area contributed by atoms with Crippen molar-refractivity contribution in [2.75, 3.05) is 18.0 Å². The van der Waals surface area contributed by atoms with Crippen molar-refractivity contribution in [3.63, 3.8) is 0 Å². The molecule has 1 saturated heterocycles. The van der Waals surface area contributed by atoms with E-state index in [-0.39, 0.29) is 5.56 Å². The second-order valence-corrected chi connectivity index (χ2v) is 6.79. The molecule has 5 nitrogen and oxygen atoms in total. The van der Waals surface area contributed by atoms with Crippen LogP contribution in [-0.2, 0) is 0 Å². The maximum Gasteiger partial charge on any atom is 0.252 e. The first-order chi connectivity index (χ1) is 10.3. The number of nitrogens with zero attached hydrogens (tertiary/aromatic N) is 2. The van der Waals surface area contributed by atoms with E-state index in [9.17, 15) is 4.79 Å². The average Bonchev–Trinajstić information content (AvgIpc) is 3.39. The first kappa shape index (κ1) is 13.3. The van der Waals surface area contributed by atoms with Gasteiger partial charge in [-0.15, -0.1) is 0 Å².